The first kappa shape index (κ1) is 19.0. The predicted molar refractivity (Wildman–Crippen MR) is 99.2 cm³/mol. The maximum absolute atomic E-state index is 14.6. The minimum Gasteiger partial charge on any atom is -0.480 e. The third-order valence-corrected chi connectivity index (χ3v) is 5.16. The molecule has 1 fully saturated rings. The van der Waals surface area contributed by atoms with Gasteiger partial charge in [0.2, 0.25) is 0 Å². The molecular formula is C21H22FNO4. The summed E-state index contributed by atoms with van der Waals surface area (Å²) in [4.78, 5) is 24.2. The number of ether oxygens (including phenoxy) is 1. The number of nitrogens with one attached hydrogen (secondary N) is 1. The lowest BCUT2D eigenvalue weighted by atomic mass is 9.89. The van der Waals surface area contributed by atoms with Crippen molar-refractivity contribution in [2.45, 2.75) is 32.2 Å². The van der Waals surface area contributed by atoms with Gasteiger partial charge in [-0.1, -0.05) is 24.3 Å². The van der Waals surface area contributed by atoms with Gasteiger partial charge >= 0.3 is 5.97 Å². The second-order valence-corrected chi connectivity index (χ2v) is 6.95. The summed E-state index contributed by atoms with van der Waals surface area (Å²) in [5.41, 5.74) is 2.16. The molecule has 1 amide bonds. The van der Waals surface area contributed by atoms with E-state index in [0.29, 0.717) is 5.56 Å². The Morgan fingerprint density at radius 1 is 1.04 bits per heavy atom. The molecule has 1 aliphatic rings. The summed E-state index contributed by atoms with van der Waals surface area (Å²) in [5.74, 6) is -2.55. The second kappa shape index (κ2) is 7.48. The summed E-state index contributed by atoms with van der Waals surface area (Å²) in [5, 5.41) is 12.0. The van der Waals surface area contributed by atoms with Crippen LogP contribution in [0.5, 0.6) is 0 Å². The Kier molecular flexibility index (Phi) is 5.28. The summed E-state index contributed by atoms with van der Waals surface area (Å²) in [7, 11) is 0. The highest BCUT2D eigenvalue weighted by Crippen LogP contribution is 2.26. The van der Waals surface area contributed by atoms with Gasteiger partial charge < -0.3 is 15.2 Å². The van der Waals surface area contributed by atoms with Crippen molar-refractivity contribution in [3.63, 3.8) is 0 Å². The molecule has 0 aromatic heterocycles. The van der Waals surface area contributed by atoms with E-state index in [1.54, 1.807) is 6.07 Å². The van der Waals surface area contributed by atoms with Gasteiger partial charge in [-0.15, -0.1) is 0 Å². The molecule has 0 atom stereocenters. The van der Waals surface area contributed by atoms with E-state index in [0.717, 1.165) is 16.7 Å². The van der Waals surface area contributed by atoms with Gasteiger partial charge in [-0.3, -0.25) is 4.79 Å². The van der Waals surface area contributed by atoms with Crippen LogP contribution in [0.3, 0.4) is 0 Å². The summed E-state index contributed by atoms with van der Waals surface area (Å²) in [6.07, 6.45) is 0.298. The zero-order valence-electron chi connectivity index (χ0n) is 15.3. The third kappa shape index (κ3) is 3.85. The van der Waals surface area contributed by atoms with Crippen LogP contribution in [0.1, 0.15) is 34.3 Å². The normalized spacial score (nSPS) is 16.0. The molecule has 0 saturated carbocycles. The van der Waals surface area contributed by atoms with Gasteiger partial charge in [0.05, 0.1) is 5.56 Å². The monoisotopic (exact) mass is 371 g/mol. The fourth-order valence-electron chi connectivity index (χ4n) is 3.20. The van der Waals surface area contributed by atoms with Crippen LogP contribution in [0.2, 0.25) is 0 Å². The average Bonchev–Trinajstić information content (AvgIpc) is 2.64. The quantitative estimate of drug-likeness (QED) is 0.863. The van der Waals surface area contributed by atoms with E-state index in [1.165, 1.54) is 12.1 Å². The molecule has 27 heavy (non-hydrogen) atoms. The topological polar surface area (TPSA) is 75.6 Å². The number of hydrogen-bond acceptors (Lipinski definition) is 3. The van der Waals surface area contributed by atoms with E-state index in [1.807, 2.05) is 32.0 Å². The lowest BCUT2D eigenvalue weighted by molar-refractivity contribution is -0.148. The van der Waals surface area contributed by atoms with Crippen molar-refractivity contribution in [3.05, 3.63) is 58.9 Å². The van der Waals surface area contributed by atoms with Gasteiger partial charge in [-0.2, -0.15) is 0 Å². The van der Waals surface area contributed by atoms with E-state index >= 15 is 0 Å². The highest BCUT2D eigenvalue weighted by atomic mass is 19.1. The number of hydrogen-bond donors (Lipinski definition) is 2. The Balaban J connectivity index is 1.85. The van der Waals surface area contributed by atoms with Gasteiger partial charge in [0.25, 0.3) is 5.91 Å². The van der Waals surface area contributed by atoms with Crippen molar-refractivity contribution in [2.75, 3.05) is 13.2 Å². The molecule has 0 spiro atoms. The zero-order chi connectivity index (χ0) is 19.6. The Labute approximate surface area is 157 Å². The average molecular weight is 371 g/mol. The number of carbonyl (C=O) groups excluding carboxylic acids is 1. The zero-order valence-corrected chi connectivity index (χ0v) is 15.3. The molecule has 0 radical (unpaired) electrons. The van der Waals surface area contributed by atoms with Gasteiger partial charge in [-0.25, -0.2) is 9.18 Å². The number of benzene rings is 2. The van der Waals surface area contributed by atoms with E-state index in [4.69, 9.17) is 4.74 Å². The van der Waals surface area contributed by atoms with Crippen molar-refractivity contribution in [3.8, 4) is 11.1 Å². The van der Waals surface area contributed by atoms with Gasteiger partial charge in [0.1, 0.15) is 11.4 Å². The summed E-state index contributed by atoms with van der Waals surface area (Å²) in [6, 6.07) is 10.2. The molecule has 6 heteroatoms. The molecule has 142 valence electrons. The van der Waals surface area contributed by atoms with Crippen molar-refractivity contribution in [1.29, 1.82) is 0 Å². The van der Waals surface area contributed by atoms with Crippen LogP contribution in [-0.4, -0.2) is 35.7 Å². The predicted octanol–water partition coefficient (Wildman–Crippen LogP) is 3.47. The lowest BCUT2D eigenvalue weighted by Gasteiger charge is -2.33. The lowest BCUT2D eigenvalue weighted by Crippen LogP contribution is -2.57. The van der Waals surface area contributed by atoms with Crippen molar-refractivity contribution in [1.82, 2.24) is 5.32 Å². The summed E-state index contributed by atoms with van der Waals surface area (Å²) in [6.45, 7) is 4.46. The Bertz CT molecular complexity index is 888. The SMILES string of the molecule is Cc1ccc(-c2ccc(C(=O)NC3(C(=O)O)CCOCC3)c(F)c2)cc1C. The standard InChI is InChI=1S/C21H22FNO4/c1-13-3-4-15(11-14(13)2)16-5-6-17(18(22)12-16)19(24)23-21(20(25)26)7-9-27-10-8-21/h3-6,11-12H,7-10H2,1-2H3,(H,23,24)(H,25,26). The Hall–Kier alpha value is -2.73. The van der Waals surface area contributed by atoms with Crippen LogP contribution in [0.15, 0.2) is 36.4 Å². The Morgan fingerprint density at radius 3 is 2.26 bits per heavy atom. The second-order valence-electron chi connectivity index (χ2n) is 6.95. The molecule has 0 aliphatic carbocycles. The molecule has 2 aromatic rings. The molecule has 1 saturated heterocycles. The molecule has 2 N–H and O–H groups in total. The minimum absolute atomic E-state index is 0.149. The van der Waals surface area contributed by atoms with Gasteiger partial charge in [0.15, 0.2) is 0 Å². The Morgan fingerprint density at radius 2 is 1.67 bits per heavy atom. The van der Waals surface area contributed by atoms with Crippen LogP contribution in [0.4, 0.5) is 4.39 Å². The smallest absolute Gasteiger partial charge is 0.329 e. The minimum atomic E-state index is -1.42. The van der Waals surface area contributed by atoms with Crippen LogP contribution in [0, 0.1) is 19.7 Å². The molecule has 1 aliphatic heterocycles. The van der Waals surface area contributed by atoms with E-state index < -0.39 is 23.2 Å². The highest BCUT2D eigenvalue weighted by Gasteiger charge is 2.42. The van der Waals surface area contributed by atoms with E-state index in [-0.39, 0.29) is 31.6 Å². The molecule has 5 nitrogen and oxygen atoms in total. The fourth-order valence-corrected chi connectivity index (χ4v) is 3.20. The molecule has 0 unspecified atom stereocenters. The van der Waals surface area contributed by atoms with Crippen LogP contribution < -0.4 is 5.32 Å². The maximum Gasteiger partial charge on any atom is 0.329 e. The van der Waals surface area contributed by atoms with Crippen molar-refractivity contribution >= 4 is 11.9 Å². The molecular weight excluding hydrogens is 349 g/mol. The van der Waals surface area contributed by atoms with Crippen molar-refractivity contribution < 1.29 is 23.8 Å². The molecule has 3 rings (SSSR count). The van der Waals surface area contributed by atoms with Crippen LogP contribution in [-0.2, 0) is 9.53 Å². The van der Waals surface area contributed by atoms with E-state index in [9.17, 15) is 19.1 Å². The first-order valence-corrected chi connectivity index (χ1v) is 8.83. The van der Waals surface area contributed by atoms with E-state index in [2.05, 4.69) is 5.32 Å². The van der Waals surface area contributed by atoms with Crippen LogP contribution in [0.25, 0.3) is 11.1 Å². The number of aryl methyl sites for hydroxylation is 2. The third-order valence-electron chi connectivity index (χ3n) is 5.16. The first-order valence-electron chi connectivity index (χ1n) is 8.83. The number of rotatable bonds is 4. The maximum atomic E-state index is 14.6. The molecule has 0 bridgehead atoms. The summed E-state index contributed by atoms with van der Waals surface area (Å²) >= 11 is 0. The highest BCUT2D eigenvalue weighted by molar-refractivity contribution is 5.98. The van der Waals surface area contributed by atoms with Crippen LogP contribution >= 0.6 is 0 Å². The van der Waals surface area contributed by atoms with Gasteiger partial charge in [0, 0.05) is 26.1 Å². The number of carbonyl (C=O) groups is 2. The molecule has 2 aromatic carbocycles. The number of carboxylic acid groups (broad SMARTS) is 1. The number of carboxylic acids is 1. The molecule has 1 heterocycles. The fraction of sp³-hybridized carbons (Fsp3) is 0.333. The number of aliphatic carboxylic acids is 1. The first-order chi connectivity index (χ1) is 12.8. The largest absolute Gasteiger partial charge is 0.480 e. The van der Waals surface area contributed by atoms with Crippen molar-refractivity contribution in [2.24, 2.45) is 0 Å². The number of halogens is 1. The summed E-state index contributed by atoms with van der Waals surface area (Å²) < 4.78 is 19.8. The number of amides is 1. The van der Waals surface area contributed by atoms with Gasteiger partial charge in [-0.05, 0) is 48.2 Å².